The van der Waals surface area contributed by atoms with E-state index in [4.69, 9.17) is 14.2 Å². The molecule has 1 aliphatic carbocycles. The molecule has 1 saturated heterocycles. The molecule has 2 amide bonds. The summed E-state index contributed by atoms with van der Waals surface area (Å²) in [5.74, 6) is 1.02. The first kappa shape index (κ1) is 29.3. The fourth-order valence-corrected chi connectivity index (χ4v) is 6.28. The van der Waals surface area contributed by atoms with Gasteiger partial charge in [-0.05, 0) is 37.0 Å². The molecule has 2 heterocycles. The Kier molecular flexibility index (Phi) is 8.34. The maximum Gasteiger partial charge on any atom is 0.409 e. The summed E-state index contributed by atoms with van der Waals surface area (Å²) in [7, 11) is 3.17. The quantitative estimate of drug-likeness (QED) is 0.532. The molecule has 0 radical (unpaired) electrons. The van der Waals surface area contributed by atoms with Crippen molar-refractivity contribution < 1.29 is 28.6 Å². The van der Waals surface area contributed by atoms with Gasteiger partial charge in [-0.2, -0.15) is 0 Å². The van der Waals surface area contributed by atoms with Crippen LogP contribution in [0.5, 0.6) is 11.5 Å². The molecule has 2 aromatic rings. The van der Waals surface area contributed by atoms with Gasteiger partial charge in [0.25, 0.3) is 0 Å². The minimum atomic E-state index is -0.602. The second-order valence-corrected chi connectivity index (χ2v) is 11.7. The Morgan fingerprint density at radius 1 is 0.952 bits per heavy atom. The summed E-state index contributed by atoms with van der Waals surface area (Å²) in [6, 6.07) is 12.9. The number of hydrogen-bond acceptors (Lipinski definition) is 8. The Morgan fingerprint density at radius 3 is 2.36 bits per heavy atom. The van der Waals surface area contributed by atoms with Gasteiger partial charge >= 0.3 is 6.09 Å². The van der Waals surface area contributed by atoms with Gasteiger partial charge in [-0.1, -0.05) is 38.1 Å². The van der Waals surface area contributed by atoms with Crippen molar-refractivity contribution in [2.24, 2.45) is 5.41 Å². The number of piperazine rings is 1. The van der Waals surface area contributed by atoms with Crippen LogP contribution in [0.15, 0.2) is 53.7 Å². The number of anilines is 2. The van der Waals surface area contributed by atoms with Crippen LogP contribution in [0.1, 0.15) is 45.2 Å². The third-order valence-electron chi connectivity index (χ3n) is 8.20. The molecule has 10 nitrogen and oxygen atoms in total. The zero-order valence-electron chi connectivity index (χ0n) is 25.1. The number of hydrogen-bond donors (Lipinski definition) is 1. The molecule has 10 heteroatoms. The predicted molar refractivity (Wildman–Crippen MR) is 160 cm³/mol. The number of methoxy groups -OCH3 is 2. The first-order valence-electron chi connectivity index (χ1n) is 14.5. The maximum absolute atomic E-state index is 14.0. The Labute approximate surface area is 247 Å². The number of allylic oxidation sites excluding steroid dienone is 1. The van der Waals surface area contributed by atoms with E-state index in [0.717, 1.165) is 22.6 Å². The Hall–Kier alpha value is -4.21. The summed E-state index contributed by atoms with van der Waals surface area (Å²) < 4.78 is 16.7. The highest BCUT2D eigenvalue weighted by atomic mass is 16.6. The van der Waals surface area contributed by atoms with Crippen molar-refractivity contribution in [3.8, 4) is 11.5 Å². The summed E-state index contributed by atoms with van der Waals surface area (Å²) in [4.78, 5) is 45.6. The molecule has 0 spiro atoms. The lowest BCUT2D eigenvalue weighted by Gasteiger charge is -2.40. The molecular weight excluding hydrogens is 536 g/mol. The van der Waals surface area contributed by atoms with Gasteiger partial charge < -0.3 is 34.2 Å². The topological polar surface area (TPSA) is 101 Å². The summed E-state index contributed by atoms with van der Waals surface area (Å²) >= 11 is 0. The van der Waals surface area contributed by atoms with E-state index in [-0.39, 0.29) is 29.7 Å². The van der Waals surface area contributed by atoms with Crippen LogP contribution in [0, 0.1) is 5.41 Å². The van der Waals surface area contributed by atoms with Crippen LogP contribution < -0.4 is 19.7 Å². The minimum absolute atomic E-state index is 0.0244. The third-order valence-corrected chi connectivity index (χ3v) is 8.20. The van der Waals surface area contributed by atoms with Gasteiger partial charge in [0, 0.05) is 49.4 Å². The maximum atomic E-state index is 14.0. The largest absolute Gasteiger partial charge is 0.493 e. The van der Waals surface area contributed by atoms with E-state index in [1.807, 2.05) is 47.4 Å². The Balaban J connectivity index is 1.59. The van der Waals surface area contributed by atoms with E-state index in [1.54, 1.807) is 30.9 Å². The monoisotopic (exact) mass is 576 g/mol. The average Bonchev–Trinajstić information content (AvgIpc) is 3.10. The molecular formula is C32H40N4O6. The molecule has 42 heavy (non-hydrogen) atoms. The Bertz CT molecular complexity index is 1400. The number of benzene rings is 2. The standard InChI is InChI=1S/C32H40N4O6/c1-6-42-31(39)35-16-14-34(15-17-35)27(38)20-36-24-12-8-7-11-22(24)33-23-18-32(2,3)19-25(37)28(23)29(36)21-10-9-13-26(40-4)30(21)41-5/h7-13,29,33H,6,14-20H2,1-5H3. The highest BCUT2D eigenvalue weighted by Gasteiger charge is 2.43. The van der Waals surface area contributed by atoms with Crippen LogP contribution in [-0.2, 0) is 14.3 Å². The van der Waals surface area contributed by atoms with Crippen LogP contribution in [0.3, 0.4) is 0 Å². The molecule has 224 valence electrons. The second-order valence-electron chi connectivity index (χ2n) is 11.7. The van der Waals surface area contributed by atoms with Crippen molar-refractivity contribution in [2.45, 2.75) is 39.7 Å². The first-order chi connectivity index (χ1) is 20.2. The van der Waals surface area contributed by atoms with Gasteiger partial charge in [0.15, 0.2) is 17.3 Å². The van der Waals surface area contributed by atoms with E-state index in [1.165, 1.54) is 0 Å². The van der Waals surface area contributed by atoms with Gasteiger partial charge in [-0.25, -0.2) is 4.79 Å². The molecule has 2 aromatic carbocycles. The smallest absolute Gasteiger partial charge is 0.409 e. The van der Waals surface area contributed by atoms with Crippen LogP contribution in [0.2, 0.25) is 0 Å². The average molecular weight is 577 g/mol. The fourth-order valence-electron chi connectivity index (χ4n) is 6.28. The fraction of sp³-hybridized carbons (Fsp3) is 0.469. The van der Waals surface area contributed by atoms with Crippen LogP contribution in [-0.4, -0.2) is 81.1 Å². The number of nitrogens with zero attached hydrogens (tertiary/aromatic N) is 3. The molecule has 1 unspecified atom stereocenters. The highest BCUT2D eigenvalue weighted by molar-refractivity contribution is 6.02. The lowest BCUT2D eigenvalue weighted by atomic mass is 9.73. The molecule has 0 saturated carbocycles. The van der Waals surface area contributed by atoms with E-state index >= 15 is 0 Å². The van der Waals surface area contributed by atoms with Crippen molar-refractivity contribution in [3.05, 3.63) is 59.3 Å². The van der Waals surface area contributed by atoms with E-state index in [2.05, 4.69) is 19.2 Å². The van der Waals surface area contributed by atoms with Gasteiger partial charge in [0.2, 0.25) is 5.91 Å². The third kappa shape index (κ3) is 5.62. The van der Waals surface area contributed by atoms with Crippen molar-refractivity contribution in [2.75, 3.05) is 63.8 Å². The zero-order chi connectivity index (χ0) is 30.0. The van der Waals surface area contributed by atoms with E-state index in [0.29, 0.717) is 62.7 Å². The Morgan fingerprint density at radius 2 is 1.67 bits per heavy atom. The molecule has 1 fully saturated rings. The minimum Gasteiger partial charge on any atom is -0.493 e. The zero-order valence-corrected chi connectivity index (χ0v) is 25.1. The van der Waals surface area contributed by atoms with Gasteiger partial charge in [0.05, 0.1) is 44.8 Å². The van der Waals surface area contributed by atoms with Crippen molar-refractivity contribution in [3.63, 3.8) is 0 Å². The molecule has 5 rings (SSSR count). The van der Waals surface area contributed by atoms with Gasteiger partial charge in [-0.3, -0.25) is 9.59 Å². The van der Waals surface area contributed by atoms with E-state index < -0.39 is 6.04 Å². The van der Waals surface area contributed by atoms with Crippen molar-refractivity contribution in [1.29, 1.82) is 0 Å². The summed E-state index contributed by atoms with van der Waals surface area (Å²) in [6.45, 7) is 7.92. The van der Waals surface area contributed by atoms with Crippen molar-refractivity contribution in [1.82, 2.24) is 9.80 Å². The number of fused-ring (bicyclic) bond motifs is 1. The number of para-hydroxylation sites is 3. The number of ketones is 1. The van der Waals surface area contributed by atoms with Crippen LogP contribution >= 0.6 is 0 Å². The number of amides is 2. The highest BCUT2D eigenvalue weighted by Crippen LogP contribution is 2.50. The number of carbonyl (C=O) groups excluding carboxylic acids is 3. The molecule has 0 bridgehead atoms. The number of nitrogens with one attached hydrogen (secondary N) is 1. The van der Waals surface area contributed by atoms with E-state index in [9.17, 15) is 14.4 Å². The number of rotatable bonds is 6. The summed E-state index contributed by atoms with van der Waals surface area (Å²) in [5.41, 5.74) is 3.67. The molecule has 1 N–H and O–H groups in total. The first-order valence-corrected chi connectivity index (χ1v) is 14.5. The summed E-state index contributed by atoms with van der Waals surface area (Å²) in [5, 5.41) is 3.59. The predicted octanol–water partition coefficient (Wildman–Crippen LogP) is 4.62. The van der Waals surface area contributed by atoms with Gasteiger partial charge in [0.1, 0.15) is 0 Å². The molecule has 2 aliphatic heterocycles. The van der Waals surface area contributed by atoms with Crippen molar-refractivity contribution >= 4 is 29.2 Å². The van der Waals surface area contributed by atoms with Crippen LogP contribution in [0.4, 0.5) is 16.2 Å². The second kappa shape index (κ2) is 12.0. The number of carbonyl (C=O) groups is 3. The SMILES string of the molecule is CCOC(=O)N1CCN(C(=O)CN2c3ccccc3NC3=C(C(=O)CC(C)(C)C3)C2c2cccc(OC)c2OC)CC1. The molecule has 1 atom stereocenters. The number of Topliss-reactive ketones (excluding diaryl/α,β-unsaturated/α-hetero) is 1. The molecule has 0 aromatic heterocycles. The normalized spacial score (nSPS) is 19.8. The summed E-state index contributed by atoms with van der Waals surface area (Å²) in [6.07, 6.45) is 0.716. The van der Waals surface area contributed by atoms with Crippen LogP contribution in [0.25, 0.3) is 0 Å². The number of ether oxygens (including phenoxy) is 3. The lowest BCUT2D eigenvalue weighted by Crippen LogP contribution is -2.53. The molecule has 3 aliphatic rings. The van der Waals surface area contributed by atoms with Gasteiger partial charge in [-0.15, -0.1) is 0 Å². The lowest BCUT2D eigenvalue weighted by molar-refractivity contribution is -0.131.